The van der Waals surface area contributed by atoms with Crippen molar-refractivity contribution >= 4 is 9.76 Å². The van der Waals surface area contributed by atoms with Gasteiger partial charge < -0.3 is 18.6 Å². The maximum absolute atomic E-state index is 5.72. The first-order valence-corrected chi connectivity index (χ1v) is 8.20. The first-order valence-electron chi connectivity index (χ1n) is 6.62. The zero-order valence-corrected chi connectivity index (χ0v) is 12.3. The van der Waals surface area contributed by atoms with Gasteiger partial charge in [0, 0.05) is 14.2 Å². The summed E-state index contributed by atoms with van der Waals surface area (Å²) in [5.74, 6) is 0.873. The van der Waals surface area contributed by atoms with Crippen LogP contribution in [0.25, 0.3) is 0 Å². The largest absolute Gasteiger partial charge is 0.398 e. The second kappa shape index (κ2) is 6.85. The Kier molecular flexibility index (Phi) is 5.43. The van der Waals surface area contributed by atoms with Crippen LogP contribution in [-0.2, 0) is 18.6 Å². The van der Waals surface area contributed by atoms with E-state index in [0.717, 1.165) is 5.92 Å². The van der Waals surface area contributed by atoms with E-state index >= 15 is 0 Å². The number of hydrogen-bond acceptors (Lipinski definition) is 4. The maximum Gasteiger partial charge on any atom is 0.170 e. The van der Waals surface area contributed by atoms with Crippen molar-refractivity contribution in [3.63, 3.8) is 0 Å². The van der Waals surface area contributed by atoms with E-state index in [1.54, 1.807) is 14.2 Å². The fourth-order valence-electron chi connectivity index (χ4n) is 2.66. The number of ether oxygens (including phenoxy) is 3. The van der Waals surface area contributed by atoms with Crippen molar-refractivity contribution in [1.29, 1.82) is 0 Å². The minimum atomic E-state index is -0.462. The zero-order chi connectivity index (χ0) is 12.1. The Balaban J connectivity index is 1.50. The molecule has 1 aliphatic carbocycles. The van der Waals surface area contributed by atoms with Crippen molar-refractivity contribution in [2.75, 3.05) is 20.8 Å². The highest BCUT2D eigenvalue weighted by Gasteiger charge is 2.43. The van der Waals surface area contributed by atoms with Crippen molar-refractivity contribution in [3.8, 4) is 0 Å². The Hall–Kier alpha value is 0.0569. The molecule has 100 valence electrons. The van der Waals surface area contributed by atoms with Gasteiger partial charge in [0.1, 0.15) is 0 Å². The number of rotatable bonds is 8. The molecule has 2 aliphatic rings. The molecule has 1 saturated carbocycles. The lowest BCUT2D eigenvalue weighted by molar-refractivity contribution is -0.0929. The van der Waals surface area contributed by atoms with Crippen molar-refractivity contribution in [2.24, 2.45) is 5.92 Å². The predicted molar refractivity (Wildman–Crippen MR) is 67.7 cm³/mol. The molecule has 0 spiro atoms. The summed E-state index contributed by atoms with van der Waals surface area (Å²) in [6, 6.07) is 1.24. The van der Waals surface area contributed by atoms with Gasteiger partial charge in [0.05, 0.1) is 18.8 Å². The second-order valence-corrected chi connectivity index (χ2v) is 6.47. The van der Waals surface area contributed by atoms with Crippen LogP contribution in [0.15, 0.2) is 0 Å². The minimum absolute atomic E-state index is 0.158. The Labute approximate surface area is 106 Å². The summed E-state index contributed by atoms with van der Waals surface area (Å²) in [7, 11) is 2.88. The standard InChI is InChI=1S/C12H24O4Si/c1-13-8-12(14-2)16-17-6-5-9-3-4-10-11(7-9)15-10/h9-12H,3-8,17H2,1-2H3. The van der Waals surface area contributed by atoms with Crippen LogP contribution in [0, 0.1) is 5.92 Å². The molecule has 0 amide bonds. The zero-order valence-electron chi connectivity index (χ0n) is 10.9. The monoisotopic (exact) mass is 260 g/mol. The fraction of sp³-hybridized carbons (Fsp3) is 1.00. The SMILES string of the molecule is COCC(OC)O[SiH2]CCC1CCC2OC2C1. The Morgan fingerprint density at radius 2 is 2.18 bits per heavy atom. The summed E-state index contributed by atoms with van der Waals surface area (Å²) < 4.78 is 21.5. The molecule has 5 heteroatoms. The smallest absolute Gasteiger partial charge is 0.170 e. The highest BCUT2D eigenvalue weighted by atomic mass is 28.2. The quantitative estimate of drug-likeness (QED) is 0.283. The lowest BCUT2D eigenvalue weighted by atomic mass is 9.88. The topological polar surface area (TPSA) is 40.2 Å². The van der Waals surface area contributed by atoms with E-state index in [1.165, 1.54) is 31.7 Å². The third kappa shape index (κ3) is 4.33. The third-order valence-electron chi connectivity index (χ3n) is 3.74. The summed E-state index contributed by atoms with van der Waals surface area (Å²) in [5, 5.41) is 0. The molecule has 2 rings (SSSR count). The van der Waals surface area contributed by atoms with E-state index in [1.807, 2.05) is 0 Å². The van der Waals surface area contributed by atoms with Crippen molar-refractivity contribution < 1.29 is 18.6 Å². The number of methoxy groups -OCH3 is 2. The van der Waals surface area contributed by atoms with Crippen molar-refractivity contribution in [2.45, 2.75) is 50.2 Å². The van der Waals surface area contributed by atoms with Crippen molar-refractivity contribution in [3.05, 3.63) is 0 Å². The van der Waals surface area contributed by atoms with Gasteiger partial charge in [-0.2, -0.15) is 0 Å². The van der Waals surface area contributed by atoms with Gasteiger partial charge in [-0.05, 0) is 31.2 Å². The van der Waals surface area contributed by atoms with Crippen LogP contribution < -0.4 is 0 Å². The molecule has 4 nitrogen and oxygen atoms in total. The molecular weight excluding hydrogens is 236 g/mol. The summed E-state index contributed by atoms with van der Waals surface area (Å²) >= 11 is 0. The van der Waals surface area contributed by atoms with Gasteiger partial charge in [-0.3, -0.25) is 0 Å². The minimum Gasteiger partial charge on any atom is -0.398 e. The van der Waals surface area contributed by atoms with Crippen LogP contribution in [0.4, 0.5) is 0 Å². The molecule has 1 saturated heterocycles. The molecule has 0 aromatic heterocycles. The van der Waals surface area contributed by atoms with Crippen LogP contribution in [0.5, 0.6) is 0 Å². The van der Waals surface area contributed by atoms with Gasteiger partial charge >= 0.3 is 0 Å². The molecule has 1 heterocycles. The molecule has 0 aromatic carbocycles. The lowest BCUT2D eigenvalue weighted by Gasteiger charge is -2.19. The van der Waals surface area contributed by atoms with Crippen LogP contribution in [-0.4, -0.2) is 49.1 Å². The van der Waals surface area contributed by atoms with E-state index in [9.17, 15) is 0 Å². The van der Waals surface area contributed by atoms with Gasteiger partial charge in [-0.25, -0.2) is 0 Å². The first-order chi connectivity index (χ1) is 8.33. The van der Waals surface area contributed by atoms with Crippen LogP contribution in [0.1, 0.15) is 25.7 Å². The van der Waals surface area contributed by atoms with E-state index in [0.29, 0.717) is 18.8 Å². The molecule has 0 N–H and O–H groups in total. The van der Waals surface area contributed by atoms with E-state index in [4.69, 9.17) is 18.6 Å². The second-order valence-electron chi connectivity index (χ2n) is 5.03. The van der Waals surface area contributed by atoms with Gasteiger partial charge in [0.2, 0.25) is 0 Å². The van der Waals surface area contributed by atoms with Crippen LogP contribution in [0.2, 0.25) is 6.04 Å². The Bertz CT molecular complexity index is 227. The van der Waals surface area contributed by atoms with Gasteiger partial charge in [0.25, 0.3) is 0 Å². The van der Waals surface area contributed by atoms with E-state index in [2.05, 4.69) is 0 Å². The molecule has 1 aliphatic heterocycles. The Morgan fingerprint density at radius 1 is 1.29 bits per heavy atom. The third-order valence-corrected chi connectivity index (χ3v) is 5.04. The van der Waals surface area contributed by atoms with Crippen LogP contribution >= 0.6 is 0 Å². The maximum atomic E-state index is 5.72. The predicted octanol–water partition coefficient (Wildman–Crippen LogP) is 1.08. The molecule has 0 radical (unpaired) electrons. The normalized spacial score (nSPS) is 33.9. The van der Waals surface area contributed by atoms with E-state index in [-0.39, 0.29) is 6.29 Å². The fourth-order valence-corrected chi connectivity index (χ4v) is 4.06. The van der Waals surface area contributed by atoms with E-state index < -0.39 is 9.76 Å². The summed E-state index contributed by atoms with van der Waals surface area (Å²) in [6.07, 6.45) is 6.29. The number of hydrogen-bond donors (Lipinski definition) is 0. The first kappa shape index (κ1) is 13.5. The molecule has 0 bridgehead atoms. The summed E-state index contributed by atoms with van der Waals surface area (Å²) in [4.78, 5) is 0. The molecule has 4 unspecified atom stereocenters. The number of fused-ring (bicyclic) bond motifs is 1. The molecule has 17 heavy (non-hydrogen) atoms. The average Bonchev–Trinajstić information content (AvgIpc) is 3.11. The van der Waals surface area contributed by atoms with Crippen LogP contribution in [0.3, 0.4) is 0 Å². The molecular formula is C12H24O4Si. The van der Waals surface area contributed by atoms with Gasteiger partial charge in [0.15, 0.2) is 16.1 Å². The highest BCUT2D eigenvalue weighted by molar-refractivity contribution is 6.27. The highest BCUT2D eigenvalue weighted by Crippen LogP contribution is 2.40. The molecule has 2 fully saturated rings. The Morgan fingerprint density at radius 3 is 2.88 bits per heavy atom. The average molecular weight is 260 g/mol. The molecule has 0 aromatic rings. The molecule has 4 atom stereocenters. The lowest BCUT2D eigenvalue weighted by Crippen LogP contribution is -2.23. The summed E-state index contributed by atoms with van der Waals surface area (Å²) in [5.41, 5.74) is 0. The van der Waals surface area contributed by atoms with Gasteiger partial charge in [-0.15, -0.1) is 0 Å². The van der Waals surface area contributed by atoms with Gasteiger partial charge in [-0.1, -0.05) is 6.42 Å². The van der Waals surface area contributed by atoms with Crippen molar-refractivity contribution in [1.82, 2.24) is 0 Å². The summed E-state index contributed by atoms with van der Waals surface area (Å²) in [6.45, 7) is 0.532. The number of epoxide rings is 1.